The second-order valence-electron chi connectivity index (χ2n) is 3.61. The van der Waals surface area contributed by atoms with E-state index in [1.165, 1.54) is 18.2 Å². The summed E-state index contributed by atoms with van der Waals surface area (Å²) in [5.41, 5.74) is -0.0163. The van der Waals surface area contributed by atoms with Gasteiger partial charge in [0, 0.05) is 5.02 Å². The van der Waals surface area contributed by atoms with Crippen LogP contribution in [0.3, 0.4) is 0 Å². The summed E-state index contributed by atoms with van der Waals surface area (Å²) in [5.74, 6) is -0.784. The van der Waals surface area contributed by atoms with E-state index in [9.17, 15) is 4.79 Å². The molecular formula is C14H10Cl3NO2. The number of nitrogens with zero attached hydrogens (tertiary/aromatic N) is 1. The molecule has 0 fully saturated rings. The van der Waals surface area contributed by atoms with Crippen molar-refractivity contribution in [1.29, 1.82) is 5.26 Å². The van der Waals surface area contributed by atoms with Crippen LogP contribution in [0.25, 0.3) is 0 Å². The Bertz CT molecular complexity index is 580. The molecule has 0 bridgehead atoms. The van der Waals surface area contributed by atoms with Crippen molar-refractivity contribution in [3.05, 3.63) is 57.1 Å². The quantitative estimate of drug-likeness (QED) is 0.587. The van der Waals surface area contributed by atoms with Crippen molar-refractivity contribution in [3.63, 3.8) is 0 Å². The highest BCUT2D eigenvalue weighted by Crippen LogP contribution is 2.29. The first kappa shape index (κ1) is 16.6. The van der Waals surface area contributed by atoms with Gasteiger partial charge in [-0.3, -0.25) is 0 Å². The fourth-order valence-corrected chi connectivity index (χ4v) is 2.27. The van der Waals surface area contributed by atoms with Gasteiger partial charge in [-0.2, -0.15) is 5.26 Å². The van der Waals surface area contributed by atoms with Crippen LogP contribution in [-0.2, 0) is 4.74 Å². The fraction of sp³-hybridized carbons (Fsp3) is 0.143. The molecule has 1 aromatic rings. The lowest BCUT2D eigenvalue weighted by atomic mass is 10.2. The predicted octanol–water partition coefficient (Wildman–Crippen LogP) is 4.83. The van der Waals surface area contributed by atoms with E-state index in [2.05, 4.69) is 0 Å². The van der Waals surface area contributed by atoms with Crippen LogP contribution in [0.1, 0.15) is 17.3 Å². The van der Waals surface area contributed by atoms with Crippen molar-refractivity contribution in [2.24, 2.45) is 0 Å². The third-order valence-electron chi connectivity index (χ3n) is 2.16. The normalized spacial score (nSPS) is 12.6. The molecule has 3 nitrogen and oxygen atoms in total. The summed E-state index contributed by atoms with van der Waals surface area (Å²) in [5, 5.41) is 9.36. The molecule has 1 aromatic carbocycles. The molecule has 0 saturated carbocycles. The third kappa shape index (κ3) is 4.57. The molecular weight excluding hydrogens is 321 g/mol. The Balaban J connectivity index is 2.94. The van der Waals surface area contributed by atoms with Crippen LogP contribution in [0.5, 0.6) is 0 Å². The Morgan fingerprint density at radius 1 is 1.30 bits per heavy atom. The Labute approximate surface area is 132 Å². The molecule has 0 aliphatic rings. The van der Waals surface area contributed by atoms with Crippen LogP contribution < -0.4 is 0 Å². The minimum atomic E-state index is -1.03. The van der Waals surface area contributed by atoms with Crippen molar-refractivity contribution in [2.75, 3.05) is 0 Å². The molecule has 0 N–H and O–H groups in total. The van der Waals surface area contributed by atoms with Crippen LogP contribution in [-0.4, -0.2) is 12.1 Å². The maximum Gasteiger partial charge on any atom is 0.342 e. The van der Waals surface area contributed by atoms with Gasteiger partial charge >= 0.3 is 5.97 Å². The van der Waals surface area contributed by atoms with Gasteiger partial charge in [0.2, 0.25) is 6.10 Å². The second kappa shape index (κ2) is 7.96. The standard InChI is InChI=1S/C14H10Cl3NO2/c1-2-3-4-5-10(8-18)20-14(19)13-11(16)6-9(15)7-12(13)17/h2-7,10H,1H3/b3-2+,5-4+/t10-/m0/s1. The first-order valence-electron chi connectivity index (χ1n) is 5.54. The number of allylic oxidation sites excluding steroid dienone is 3. The van der Waals surface area contributed by atoms with E-state index in [0.29, 0.717) is 5.02 Å². The summed E-state index contributed by atoms with van der Waals surface area (Å²) < 4.78 is 5.00. The lowest BCUT2D eigenvalue weighted by molar-refractivity contribution is 0.0473. The summed E-state index contributed by atoms with van der Waals surface area (Å²) in [6.45, 7) is 1.82. The van der Waals surface area contributed by atoms with Crippen molar-refractivity contribution >= 4 is 40.8 Å². The Morgan fingerprint density at radius 3 is 2.40 bits per heavy atom. The summed E-state index contributed by atoms with van der Waals surface area (Å²) >= 11 is 17.6. The highest BCUT2D eigenvalue weighted by Gasteiger charge is 2.20. The zero-order valence-corrected chi connectivity index (χ0v) is 12.7. The van der Waals surface area contributed by atoms with Gasteiger partial charge in [0.05, 0.1) is 15.6 Å². The number of carbonyl (C=O) groups excluding carboxylic acids is 1. The first-order chi connectivity index (χ1) is 9.49. The topological polar surface area (TPSA) is 50.1 Å². The highest BCUT2D eigenvalue weighted by atomic mass is 35.5. The number of hydrogen-bond donors (Lipinski definition) is 0. The van der Waals surface area contributed by atoms with Gasteiger partial charge in [-0.1, -0.05) is 53.0 Å². The zero-order valence-electron chi connectivity index (χ0n) is 10.4. The number of esters is 1. The number of hydrogen-bond acceptors (Lipinski definition) is 3. The largest absolute Gasteiger partial charge is 0.439 e. The smallest absolute Gasteiger partial charge is 0.342 e. The van der Waals surface area contributed by atoms with E-state index >= 15 is 0 Å². The van der Waals surface area contributed by atoms with E-state index in [0.717, 1.165) is 0 Å². The van der Waals surface area contributed by atoms with E-state index in [1.807, 2.05) is 13.0 Å². The van der Waals surface area contributed by atoms with Crippen molar-refractivity contribution in [1.82, 2.24) is 0 Å². The molecule has 0 unspecified atom stereocenters. The summed E-state index contributed by atoms with van der Waals surface area (Å²) in [4.78, 5) is 12.0. The van der Waals surface area contributed by atoms with E-state index < -0.39 is 12.1 Å². The van der Waals surface area contributed by atoms with Crippen molar-refractivity contribution < 1.29 is 9.53 Å². The van der Waals surface area contributed by atoms with Gasteiger partial charge in [-0.05, 0) is 25.1 Å². The minimum Gasteiger partial charge on any atom is -0.439 e. The average molecular weight is 331 g/mol. The van der Waals surface area contributed by atoms with Crippen molar-refractivity contribution in [2.45, 2.75) is 13.0 Å². The van der Waals surface area contributed by atoms with Crippen LogP contribution in [0.4, 0.5) is 0 Å². The van der Waals surface area contributed by atoms with E-state index in [1.54, 1.807) is 18.2 Å². The molecule has 104 valence electrons. The number of halogens is 3. The van der Waals surface area contributed by atoms with Crippen LogP contribution in [0, 0.1) is 11.3 Å². The van der Waals surface area contributed by atoms with E-state index in [4.69, 9.17) is 44.8 Å². The lowest BCUT2D eigenvalue weighted by Crippen LogP contribution is -2.15. The van der Waals surface area contributed by atoms with Gasteiger partial charge in [-0.25, -0.2) is 4.79 Å². The molecule has 1 atom stereocenters. The monoisotopic (exact) mass is 329 g/mol. The first-order valence-corrected chi connectivity index (χ1v) is 6.67. The molecule has 0 saturated heterocycles. The molecule has 20 heavy (non-hydrogen) atoms. The maximum atomic E-state index is 12.0. The van der Waals surface area contributed by atoms with Crippen molar-refractivity contribution in [3.8, 4) is 6.07 Å². The number of ether oxygens (including phenoxy) is 1. The van der Waals surface area contributed by atoms with Crippen LogP contribution >= 0.6 is 34.8 Å². The van der Waals surface area contributed by atoms with Gasteiger partial charge in [0.1, 0.15) is 6.07 Å². The van der Waals surface area contributed by atoms with Gasteiger partial charge in [0.15, 0.2) is 0 Å². The Kier molecular flexibility index (Phi) is 6.60. The molecule has 1 rings (SSSR count). The predicted molar refractivity (Wildman–Crippen MR) is 80.2 cm³/mol. The zero-order chi connectivity index (χ0) is 15.1. The third-order valence-corrected chi connectivity index (χ3v) is 2.98. The number of nitriles is 1. The average Bonchev–Trinajstić information content (AvgIpc) is 2.36. The molecule has 0 heterocycles. The second-order valence-corrected chi connectivity index (χ2v) is 4.86. The maximum absolute atomic E-state index is 12.0. The Morgan fingerprint density at radius 2 is 1.90 bits per heavy atom. The summed E-state index contributed by atoms with van der Waals surface area (Å²) in [6.07, 6.45) is 5.50. The SMILES string of the molecule is C/C=C/C=C/[C@@H](C#N)OC(=O)c1c(Cl)cc(Cl)cc1Cl. The van der Waals surface area contributed by atoms with Crippen LogP contribution in [0.15, 0.2) is 36.4 Å². The molecule has 0 aliphatic heterocycles. The molecule has 0 aliphatic carbocycles. The summed E-state index contributed by atoms with van der Waals surface area (Å²) in [6, 6.07) is 4.59. The molecule has 0 radical (unpaired) electrons. The van der Waals surface area contributed by atoms with Gasteiger partial charge in [-0.15, -0.1) is 0 Å². The minimum absolute atomic E-state index is 0.0163. The molecule has 0 spiro atoms. The lowest BCUT2D eigenvalue weighted by Gasteiger charge is -2.10. The van der Waals surface area contributed by atoms with E-state index in [-0.39, 0.29) is 15.6 Å². The highest BCUT2D eigenvalue weighted by molar-refractivity contribution is 6.41. The van der Waals surface area contributed by atoms with Crippen LogP contribution in [0.2, 0.25) is 15.1 Å². The molecule has 0 aromatic heterocycles. The molecule has 0 amide bonds. The Hall–Kier alpha value is -1.47. The number of rotatable bonds is 4. The van der Waals surface area contributed by atoms with Gasteiger partial charge in [0.25, 0.3) is 0 Å². The molecule has 6 heteroatoms. The number of carbonyl (C=O) groups is 1. The number of benzene rings is 1. The summed E-state index contributed by atoms with van der Waals surface area (Å²) in [7, 11) is 0. The van der Waals surface area contributed by atoms with Gasteiger partial charge < -0.3 is 4.74 Å². The fourth-order valence-electron chi connectivity index (χ4n) is 1.30.